The summed E-state index contributed by atoms with van der Waals surface area (Å²) in [4.78, 5) is 39.6. The molecule has 0 atom stereocenters. The Labute approximate surface area is 168 Å². The van der Waals surface area contributed by atoms with E-state index in [0.29, 0.717) is 31.9 Å². The molecule has 8 nitrogen and oxygen atoms in total. The van der Waals surface area contributed by atoms with Crippen LogP contribution in [0.3, 0.4) is 0 Å². The van der Waals surface area contributed by atoms with Gasteiger partial charge in [0.2, 0.25) is 0 Å². The van der Waals surface area contributed by atoms with Crippen LogP contribution < -0.4 is 4.74 Å². The topological polar surface area (TPSA) is 89.3 Å². The van der Waals surface area contributed by atoms with Gasteiger partial charge in [0.15, 0.2) is 12.4 Å². The fourth-order valence-electron chi connectivity index (χ4n) is 2.95. The van der Waals surface area contributed by atoms with E-state index in [0.717, 1.165) is 5.56 Å². The molecule has 0 unspecified atom stereocenters. The first-order valence-corrected chi connectivity index (χ1v) is 9.17. The first kappa shape index (κ1) is 20.2. The Hall–Kier alpha value is -3.55. The maximum Gasteiger partial charge on any atom is 0.331 e. The SMILES string of the molecule is COc1ccccc1/C=C/C(=O)OCC(=O)N1CCN(C(=O)c2ccco2)CC1. The molecule has 0 bridgehead atoms. The summed E-state index contributed by atoms with van der Waals surface area (Å²) in [5.74, 6) is -0.199. The summed E-state index contributed by atoms with van der Waals surface area (Å²) < 4.78 is 15.4. The van der Waals surface area contributed by atoms with E-state index in [1.807, 2.05) is 12.1 Å². The predicted molar refractivity (Wildman–Crippen MR) is 104 cm³/mol. The van der Waals surface area contributed by atoms with Crippen LogP contribution in [-0.2, 0) is 14.3 Å². The largest absolute Gasteiger partial charge is 0.496 e. The number of carbonyl (C=O) groups is 3. The lowest BCUT2D eigenvalue weighted by atomic mass is 10.2. The third kappa shape index (κ3) is 5.25. The smallest absolute Gasteiger partial charge is 0.331 e. The first-order valence-electron chi connectivity index (χ1n) is 9.17. The van der Waals surface area contributed by atoms with Crippen LogP contribution in [-0.4, -0.2) is 67.5 Å². The van der Waals surface area contributed by atoms with E-state index >= 15 is 0 Å². The van der Waals surface area contributed by atoms with Gasteiger partial charge in [-0.3, -0.25) is 9.59 Å². The van der Waals surface area contributed by atoms with Crippen molar-refractivity contribution in [3.05, 3.63) is 60.1 Å². The van der Waals surface area contributed by atoms with Crippen molar-refractivity contribution >= 4 is 23.9 Å². The third-order valence-corrected chi connectivity index (χ3v) is 4.53. The lowest BCUT2D eigenvalue weighted by Gasteiger charge is -2.34. The number of para-hydroxylation sites is 1. The maximum absolute atomic E-state index is 12.3. The molecular weight excluding hydrogens is 376 g/mol. The quantitative estimate of drug-likeness (QED) is 0.545. The molecule has 2 amide bonds. The Morgan fingerprint density at radius 2 is 1.76 bits per heavy atom. The van der Waals surface area contributed by atoms with Gasteiger partial charge in [0.05, 0.1) is 13.4 Å². The highest BCUT2D eigenvalue weighted by atomic mass is 16.5. The average molecular weight is 398 g/mol. The van der Waals surface area contributed by atoms with Gasteiger partial charge in [0.1, 0.15) is 5.75 Å². The number of nitrogens with zero attached hydrogens (tertiary/aromatic N) is 2. The van der Waals surface area contributed by atoms with E-state index < -0.39 is 5.97 Å². The minimum Gasteiger partial charge on any atom is -0.496 e. The Balaban J connectivity index is 1.43. The van der Waals surface area contributed by atoms with Gasteiger partial charge in [-0.15, -0.1) is 0 Å². The van der Waals surface area contributed by atoms with Crippen LogP contribution in [0.15, 0.2) is 53.2 Å². The Bertz CT molecular complexity index is 882. The minimum atomic E-state index is -0.615. The molecule has 1 aliphatic heterocycles. The second-order valence-corrected chi connectivity index (χ2v) is 6.33. The van der Waals surface area contributed by atoms with Crippen LogP contribution in [0.4, 0.5) is 0 Å². The van der Waals surface area contributed by atoms with Crippen LogP contribution in [0.25, 0.3) is 6.08 Å². The lowest BCUT2D eigenvalue weighted by molar-refractivity contribution is -0.148. The molecule has 8 heteroatoms. The summed E-state index contributed by atoms with van der Waals surface area (Å²) in [5.41, 5.74) is 0.732. The Kier molecular flexibility index (Phi) is 6.67. The van der Waals surface area contributed by atoms with Crippen molar-refractivity contribution < 1.29 is 28.3 Å². The molecule has 152 valence electrons. The Morgan fingerprint density at radius 3 is 2.45 bits per heavy atom. The van der Waals surface area contributed by atoms with Crippen LogP contribution in [0.5, 0.6) is 5.75 Å². The van der Waals surface area contributed by atoms with Crippen molar-refractivity contribution in [1.29, 1.82) is 0 Å². The summed E-state index contributed by atoms with van der Waals surface area (Å²) >= 11 is 0. The van der Waals surface area contributed by atoms with Crippen LogP contribution >= 0.6 is 0 Å². The van der Waals surface area contributed by atoms with Gasteiger partial charge in [-0.05, 0) is 24.3 Å². The fourth-order valence-corrected chi connectivity index (χ4v) is 2.95. The van der Waals surface area contributed by atoms with Gasteiger partial charge in [0, 0.05) is 37.8 Å². The van der Waals surface area contributed by atoms with E-state index in [2.05, 4.69) is 0 Å². The van der Waals surface area contributed by atoms with Crippen molar-refractivity contribution in [3.63, 3.8) is 0 Å². The van der Waals surface area contributed by atoms with E-state index in [-0.39, 0.29) is 24.2 Å². The molecule has 1 aromatic heterocycles. The molecule has 2 heterocycles. The third-order valence-electron chi connectivity index (χ3n) is 4.53. The molecule has 0 saturated carbocycles. The molecule has 0 spiro atoms. The number of rotatable bonds is 6. The minimum absolute atomic E-state index is 0.199. The number of carbonyl (C=O) groups excluding carboxylic acids is 3. The fraction of sp³-hybridized carbons (Fsp3) is 0.286. The van der Waals surface area contributed by atoms with E-state index in [1.165, 1.54) is 12.3 Å². The van der Waals surface area contributed by atoms with Crippen LogP contribution in [0.1, 0.15) is 16.1 Å². The Morgan fingerprint density at radius 1 is 1.03 bits per heavy atom. The molecule has 29 heavy (non-hydrogen) atoms. The zero-order valence-electron chi connectivity index (χ0n) is 16.1. The standard InChI is InChI=1S/C21H22N2O6/c1-27-17-6-3-2-5-16(17)8-9-20(25)29-15-19(24)22-10-12-23(13-11-22)21(26)18-7-4-14-28-18/h2-9,14H,10-13,15H2,1H3/b9-8+. The van der Waals surface area contributed by atoms with E-state index in [1.54, 1.807) is 47.3 Å². The summed E-state index contributed by atoms with van der Waals surface area (Å²) in [7, 11) is 1.55. The van der Waals surface area contributed by atoms with Crippen LogP contribution in [0, 0.1) is 0 Å². The number of hydrogen-bond donors (Lipinski definition) is 0. The molecule has 0 radical (unpaired) electrons. The summed E-state index contributed by atoms with van der Waals surface area (Å²) in [6.45, 7) is 1.20. The van der Waals surface area contributed by atoms with Gasteiger partial charge >= 0.3 is 5.97 Å². The number of piperazine rings is 1. The van der Waals surface area contributed by atoms with Gasteiger partial charge in [-0.25, -0.2) is 4.79 Å². The van der Waals surface area contributed by atoms with Crippen molar-refractivity contribution in [2.75, 3.05) is 39.9 Å². The number of ether oxygens (including phenoxy) is 2. The lowest BCUT2D eigenvalue weighted by Crippen LogP contribution is -2.51. The average Bonchev–Trinajstić information content (AvgIpc) is 3.30. The van der Waals surface area contributed by atoms with Crippen LogP contribution in [0.2, 0.25) is 0 Å². The number of benzene rings is 1. The molecule has 0 N–H and O–H groups in total. The molecule has 1 aromatic carbocycles. The number of hydrogen-bond acceptors (Lipinski definition) is 6. The molecular formula is C21H22N2O6. The highest BCUT2D eigenvalue weighted by molar-refractivity contribution is 5.92. The number of methoxy groups -OCH3 is 1. The number of amides is 2. The molecule has 2 aromatic rings. The number of furan rings is 1. The summed E-state index contributed by atoms with van der Waals surface area (Å²) in [6.07, 6.45) is 4.28. The van der Waals surface area contributed by atoms with Crippen molar-refractivity contribution in [3.8, 4) is 5.75 Å². The van der Waals surface area contributed by atoms with Crippen molar-refractivity contribution in [1.82, 2.24) is 9.80 Å². The highest BCUT2D eigenvalue weighted by Crippen LogP contribution is 2.18. The van der Waals surface area contributed by atoms with Gasteiger partial charge in [0.25, 0.3) is 11.8 Å². The highest BCUT2D eigenvalue weighted by Gasteiger charge is 2.26. The van der Waals surface area contributed by atoms with Gasteiger partial charge in [-0.1, -0.05) is 18.2 Å². The molecule has 1 aliphatic rings. The first-order chi connectivity index (χ1) is 14.1. The summed E-state index contributed by atoms with van der Waals surface area (Å²) in [6, 6.07) is 10.5. The van der Waals surface area contributed by atoms with Crippen molar-refractivity contribution in [2.24, 2.45) is 0 Å². The normalized spacial score (nSPS) is 14.1. The monoisotopic (exact) mass is 398 g/mol. The zero-order valence-corrected chi connectivity index (χ0v) is 16.1. The number of esters is 1. The second-order valence-electron chi connectivity index (χ2n) is 6.33. The molecule has 1 fully saturated rings. The zero-order chi connectivity index (χ0) is 20.6. The van der Waals surface area contributed by atoms with Gasteiger partial charge in [-0.2, -0.15) is 0 Å². The van der Waals surface area contributed by atoms with E-state index in [9.17, 15) is 14.4 Å². The summed E-state index contributed by atoms with van der Waals surface area (Å²) in [5, 5.41) is 0. The molecule has 1 saturated heterocycles. The van der Waals surface area contributed by atoms with Gasteiger partial charge < -0.3 is 23.7 Å². The predicted octanol–water partition coefficient (Wildman–Crippen LogP) is 1.83. The van der Waals surface area contributed by atoms with Crippen molar-refractivity contribution in [2.45, 2.75) is 0 Å². The molecule has 0 aliphatic carbocycles. The maximum atomic E-state index is 12.3. The van der Waals surface area contributed by atoms with E-state index in [4.69, 9.17) is 13.9 Å². The molecule has 3 rings (SSSR count). The second kappa shape index (κ2) is 9.59.